The molecule has 0 bridgehead atoms. The van der Waals surface area contributed by atoms with Crippen molar-refractivity contribution in [1.29, 1.82) is 0 Å². The molecule has 0 aromatic rings. The van der Waals surface area contributed by atoms with Crippen LogP contribution in [0.5, 0.6) is 0 Å². The Morgan fingerprint density at radius 3 is 2.04 bits per heavy atom. The van der Waals surface area contributed by atoms with Crippen LogP contribution in [0.15, 0.2) is 12.7 Å². The number of sulfone groups is 1. The highest BCUT2D eigenvalue weighted by molar-refractivity contribution is 7.92. The summed E-state index contributed by atoms with van der Waals surface area (Å²) in [6, 6.07) is -3.40. The zero-order chi connectivity index (χ0) is 40.4. The number of Topliss-reactive ketones (excluding diaryl/α,β-unsaturated/α-hetero) is 1. The van der Waals surface area contributed by atoms with Gasteiger partial charge in [-0.2, -0.15) is 0 Å². The van der Waals surface area contributed by atoms with Crippen LogP contribution in [0.1, 0.15) is 144 Å². The summed E-state index contributed by atoms with van der Waals surface area (Å²) in [5, 5.41) is 11.7. The molecule has 5 fully saturated rings. The van der Waals surface area contributed by atoms with E-state index in [1.807, 2.05) is 6.92 Å². The molecule has 1 unspecified atom stereocenters. The molecule has 12 nitrogen and oxygen atoms in total. The quantitative estimate of drug-likeness (QED) is 0.136. The normalized spacial score (nSPS) is 27.1. The Morgan fingerprint density at radius 2 is 1.47 bits per heavy atom. The minimum Gasteiger partial charge on any atom is -0.346 e. The first-order chi connectivity index (χ1) is 25.7. The average Bonchev–Trinajstić information content (AvgIpc) is 3.63. The molecule has 1 heterocycles. The number of hydrogen-bond donors (Lipinski definition) is 4. The molecule has 4 saturated carbocycles. The van der Waals surface area contributed by atoms with Gasteiger partial charge in [0.25, 0.3) is 5.91 Å². The summed E-state index contributed by atoms with van der Waals surface area (Å²) in [4.78, 5) is 72.1. The van der Waals surface area contributed by atoms with Crippen molar-refractivity contribution in [3.05, 3.63) is 12.7 Å². The first kappa shape index (κ1) is 43.2. The van der Waals surface area contributed by atoms with Crippen LogP contribution in [0.25, 0.3) is 0 Å². The van der Waals surface area contributed by atoms with Crippen LogP contribution < -0.4 is 21.3 Å². The number of carbonyl (C=O) groups excluding carboxylic acids is 5. The largest absolute Gasteiger partial charge is 0.346 e. The number of urea groups is 1. The number of ketones is 1. The van der Waals surface area contributed by atoms with E-state index in [4.69, 9.17) is 0 Å². The Hall–Kier alpha value is -2.96. The fourth-order valence-electron chi connectivity index (χ4n) is 10.2. The molecule has 0 aromatic heterocycles. The Bertz CT molecular complexity index is 1570. The second-order valence-corrected chi connectivity index (χ2v) is 22.4. The van der Waals surface area contributed by atoms with Crippen molar-refractivity contribution in [2.75, 3.05) is 18.8 Å². The van der Waals surface area contributed by atoms with Crippen LogP contribution in [0.4, 0.5) is 4.79 Å². The van der Waals surface area contributed by atoms with Gasteiger partial charge >= 0.3 is 6.03 Å². The minimum atomic E-state index is -3.58. The van der Waals surface area contributed by atoms with E-state index < -0.39 is 67.3 Å². The number of carbonyl (C=O) groups is 5. The Labute approximate surface area is 329 Å². The third-order valence-electron chi connectivity index (χ3n) is 14.2. The van der Waals surface area contributed by atoms with E-state index in [2.05, 4.69) is 41.7 Å². The number of hydrogen-bond acceptors (Lipinski definition) is 7. The smallest absolute Gasteiger partial charge is 0.315 e. The van der Waals surface area contributed by atoms with Crippen molar-refractivity contribution in [2.45, 2.75) is 173 Å². The predicted octanol–water partition coefficient (Wildman–Crippen LogP) is 5.35. The molecule has 4 N–H and O–H groups in total. The highest BCUT2D eigenvalue weighted by Gasteiger charge is 2.58. The monoisotopic (exact) mass is 787 g/mol. The van der Waals surface area contributed by atoms with Crippen molar-refractivity contribution in [3.8, 4) is 0 Å². The zero-order valence-corrected chi connectivity index (χ0v) is 35.2. The van der Waals surface area contributed by atoms with Gasteiger partial charge in [0.05, 0.1) is 22.1 Å². The maximum absolute atomic E-state index is 15.2. The van der Waals surface area contributed by atoms with Crippen molar-refractivity contribution in [3.63, 3.8) is 0 Å². The van der Waals surface area contributed by atoms with E-state index in [1.165, 1.54) is 6.08 Å². The van der Waals surface area contributed by atoms with Crippen molar-refractivity contribution < 1.29 is 32.4 Å². The van der Waals surface area contributed by atoms with Crippen molar-refractivity contribution in [2.24, 2.45) is 28.6 Å². The summed E-state index contributed by atoms with van der Waals surface area (Å²) in [6.45, 7) is 15.5. The third kappa shape index (κ3) is 9.61. The number of rotatable bonds is 14. The molecular weight excluding hydrogens is 719 g/mol. The Morgan fingerprint density at radius 1 is 0.855 bits per heavy atom. The fourth-order valence-corrected chi connectivity index (χ4v) is 11.7. The standard InChI is InChI=1S/C42H69N5O7S/c1-8-24-43-36(50)33(48)31(25-28-16-15-17-28)44-35(49)32-29-18-23-40(5,6)30(29)26-47(32)37(51)34(41(7)19-11-9-12-20-41)45-38(52)46-42(21-13-10-14-22-42)27-55(53,54)39(2,3)4/h8,28-32,34H,1,9-27H2,2-7H3,(H,43,50)(H,44,49)(H2,45,46,52)/t29-,30-,31?,32-,34+/m0/s1. The van der Waals surface area contributed by atoms with Crippen LogP contribution in [0, 0.1) is 28.6 Å². The highest BCUT2D eigenvalue weighted by atomic mass is 32.2. The molecule has 5 atom stereocenters. The summed E-state index contributed by atoms with van der Waals surface area (Å²) in [7, 11) is -3.58. The first-order valence-electron chi connectivity index (χ1n) is 21.1. The molecule has 5 aliphatic rings. The van der Waals surface area contributed by atoms with Gasteiger partial charge in [-0.25, -0.2) is 13.2 Å². The van der Waals surface area contributed by atoms with E-state index >= 15 is 4.79 Å². The van der Waals surface area contributed by atoms with Gasteiger partial charge in [0.2, 0.25) is 17.6 Å². The fraction of sp³-hybridized carbons (Fsp3) is 0.833. The van der Waals surface area contributed by atoms with Crippen LogP contribution in [0.2, 0.25) is 0 Å². The number of nitrogens with one attached hydrogen (secondary N) is 4. The van der Waals surface area contributed by atoms with Gasteiger partial charge in [0.15, 0.2) is 9.84 Å². The summed E-state index contributed by atoms with van der Waals surface area (Å²) in [5.41, 5.74) is -1.68. The van der Waals surface area contributed by atoms with Crippen LogP contribution in [-0.4, -0.2) is 90.1 Å². The molecule has 0 aromatic carbocycles. The number of amides is 5. The lowest BCUT2D eigenvalue weighted by Gasteiger charge is -2.44. The second kappa shape index (κ2) is 16.9. The number of nitrogens with zero attached hydrogens (tertiary/aromatic N) is 1. The van der Waals surface area contributed by atoms with Gasteiger partial charge in [0.1, 0.15) is 12.1 Å². The van der Waals surface area contributed by atoms with E-state index in [0.717, 1.165) is 70.6 Å². The lowest BCUT2D eigenvalue weighted by Crippen LogP contribution is -2.64. The molecule has 4 aliphatic carbocycles. The van der Waals surface area contributed by atoms with E-state index in [0.29, 0.717) is 38.6 Å². The molecule has 0 spiro atoms. The average molecular weight is 788 g/mol. The Kier molecular flexibility index (Phi) is 13.2. The minimum absolute atomic E-state index is 0.0330. The number of fused-ring (bicyclic) bond motifs is 1. The molecule has 1 saturated heterocycles. The second-order valence-electron chi connectivity index (χ2n) is 19.6. The van der Waals surface area contributed by atoms with Crippen LogP contribution in [0.3, 0.4) is 0 Å². The Balaban J connectivity index is 1.44. The lowest BCUT2D eigenvalue weighted by molar-refractivity contribution is -0.145. The van der Waals surface area contributed by atoms with Gasteiger partial charge < -0.3 is 26.2 Å². The molecule has 0 radical (unpaired) electrons. The summed E-state index contributed by atoms with van der Waals surface area (Å²) < 4.78 is 26.1. The summed E-state index contributed by atoms with van der Waals surface area (Å²) in [5.74, 6) is -2.28. The summed E-state index contributed by atoms with van der Waals surface area (Å²) in [6.07, 6.45) is 14.3. The molecule has 1 aliphatic heterocycles. The topological polar surface area (TPSA) is 171 Å². The molecule has 5 rings (SSSR count). The van der Waals surface area contributed by atoms with E-state index in [-0.39, 0.29) is 41.4 Å². The van der Waals surface area contributed by atoms with Gasteiger partial charge in [-0.3, -0.25) is 19.2 Å². The van der Waals surface area contributed by atoms with Crippen LogP contribution in [-0.2, 0) is 29.0 Å². The van der Waals surface area contributed by atoms with Gasteiger partial charge in [-0.1, -0.05) is 84.6 Å². The molecule has 310 valence electrons. The van der Waals surface area contributed by atoms with E-state index in [9.17, 15) is 27.6 Å². The highest BCUT2D eigenvalue weighted by Crippen LogP contribution is 2.53. The third-order valence-corrected chi connectivity index (χ3v) is 17.0. The summed E-state index contributed by atoms with van der Waals surface area (Å²) >= 11 is 0. The maximum Gasteiger partial charge on any atom is 0.315 e. The van der Waals surface area contributed by atoms with E-state index in [1.54, 1.807) is 25.7 Å². The molecule has 13 heteroatoms. The number of likely N-dealkylation sites (tertiary alicyclic amines) is 1. The van der Waals surface area contributed by atoms with Gasteiger partial charge in [-0.15, -0.1) is 6.58 Å². The molecule has 55 heavy (non-hydrogen) atoms. The van der Waals surface area contributed by atoms with Crippen LogP contribution >= 0.6 is 0 Å². The molecular formula is C42H69N5O7S. The first-order valence-corrected chi connectivity index (χ1v) is 22.7. The van der Waals surface area contributed by atoms with Gasteiger partial charge in [-0.05, 0) is 94.3 Å². The maximum atomic E-state index is 15.2. The van der Waals surface area contributed by atoms with Crippen molar-refractivity contribution >= 4 is 39.4 Å². The SMILES string of the molecule is C=CCNC(=O)C(=O)C(CC1CCC1)NC(=O)[C@@H]1[C@H]2CCC(C)(C)[C@H]2CN1C(=O)[C@@H](NC(=O)NC1(CS(=O)(=O)C(C)(C)C)CCCCC1)C1(C)CCCCC1. The molecule has 5 amide bonds. The van der Waals surface area contributed by atoms with Crippen molar-refractivity contribution in [1.82, 2.24) is 26.2 Å². The van der Waals surface area contributed by atoms with Gasteiger partial charge in [0, 0.05) is 13.1 Å². The lowest BCUT2D eigenvalue weighted by atomic mass is 9.70. The zero-order valence-electron chi connectivity index (χ0n) is 34.4. The predicted molar refractivity (Wildman–Crippen MR) is 214 cm³/mol.